The van der Waals surface area contributed by atoms with Gasteiger partial charge in [0.2, 0.25) is 0 Å². The van der Waals surface area contributed by atoms with Gasteiger partial charge in [-0.1, -0.05) is 18.2 Å². The van der Waals surface area contributed by atoms with Crippen molar-refractivity contribution in [2.24, 2.45) is 0 Å². The third kappa shape index (κ3) is 3.01. The monoisotopic (exact) mass is 339 g/mol. The van der Waals surface area contributed by atoms with Crippen LogP contribution in [-0.4, -0.2) is 38.5 Å². The molecule has 24 heavy (non-hydrogen) atoms. The van der Waals surface area contributed by atoms with Crippen LogP contribution < -0.4 is 0 Å². The zero-order valence-electron chi connectivity index (χ0n) is 12.8. The van der Waals surface area contributed by atoms with Crippen LogP contribution in [0.4, 0.5) is 13.2 Å². The highest BCUT2D eigenvalue weighted by Gasteiger charge is 2.41. The molecule has 2 N–H and O–H groups in total. The van der Waals surface area contributed by atoms with Gasteiger partial charge in [-0.3, -0.25) is 4.79 Å². The highest BCUT2D eigenvalue weighted by molar-refractivity contribution is 5.92. The molecule has 1 aliphatic heterocycles. The maximum absolute atomic E-state index is 13.3. The summed E-state index contributed by atoms with van der Waals surface area (Å²) >= 11 is 0. The summed E-state index contributed by atoms with van der Waals surface area (Å²) < 4.78 is 39.8. The Hall–Kier alpha value is -2.35. The minimum absolute atomic E-state index is 0.00821. The van der Waals surface area contributed by atoms with Gasteiger partial charge in [0.05, 0.1) is 23.9 Å². The average molecular weight is 339 g/mol. The van der Waals surface area contributed by atoms with Crippen LogP contribution in [0.3, 0.4) is 0 Å². The number of alkyl halides is 3. The van der Waals surface area contributed by atoms with Crippen molar-refractivity contribution in [1.82, 2.24) is 14.9 Å². The summed E-state index contributed by atoms with van der Waals surface area (Å²) in [6, 6.07) is 4.31. The number of nitrogens with zero attached hydrogens (tertiary/aromatic N) is 2. The molecule has 1 aliphatic rings. The Balaban J connectivity index is 1.99. The summed E-state index contributed by atoms with van der Waals surface area (Å²) in [6.45, 7) is 1.65. The lowest BCUT2D eigenvalue weighted by Crippen LogP contribution is -2.33. The van der Waals surface area contributed by atoms with E-state index in [9.17, 15) is 23.1 Å². The number of aliphatic hydroxyl groups excluding tert-OH is 1. The first-order chi connectivity index (χ1) is 11.3. The van der Waals surface area contributed by atoms with E-state index in [1.165, 1.54) is 29.3 Å². The molecular formula is C16H16F3N3O2. The molecule has 2 aromatic rings. The highest BCUT2D eigenvalue weighted by Crippen LogP contribution is 2.40. The highest BCUT2D eigenvalue weighted by atomic mass is 19.4. The number of H-pyrrole nitrogens is 1. The Morgan fingerprint density at radius 2 is 2.08 bits per heavy atom. The van der Waals surface area contributed by atoms with Gasteiger partial charge in [-0.2, -0.15) is 13.2 Å². The molecule has 1 saturated heterocycles. The van der Waals surface area contributed by atoms with Gasteiger partial charge >= 0.3 is 6.18 Å². The van der Waals surface area contributed by atoms with Crippen LogP contribution in [0, 0.1) is 6.92 Å². The van der Waals surface area contributed by atoms with Crippen LogP contribution in [0.25, 0.3) is 0 Å². The maximum atomic E-state index is 13.3. The molecule has 8 heteroatoms. The fourth-order valence-corrected chi connectivity index (χ4v) is 3.06. The molecule has 1 aromatic heterocycles. The van der Waals surface area contributed by atoms with Gasteiger partial charge in [0.25, 0.3) is 5.91 Å². The van der Waals surface area contributed by atoms with Crippen molar-refractivity contribution in [3.05, 3.63) is 53.1 Å². The molecule has 0 radical (unpaired) electrons. The number of aryl methyl sites for hydroxylation is 1. The fourth-order valence-electron chi connectivity index (χ4n) is 3.06. The first kappa shape index (κ1) is 16.5. The molecule has 0 aliphatic carbocycles. The SMILES string of the molecule is Cc1ncc(C(=O)N2C[C@H](O)C[C@@H]2c2ccccc2C(F)(F)F)[nH]1. The molecule has 5 nitrogen and oxygen atoms in total. The molecule has 1 amide bonds. The standard InChI is InChI=1S/C16H16F3N3O2/c1-9-20-7-13(21-9)15(24)22-8-10(23)6-14(22)11-4-2-3-5-12(11)16(17,18)19/h2-5,7,10,14,23H,6,8H2,1H3,(H,20,21)/t10-,14-/m1/s1. The van der Waals surface area contributed by atoms with Gasteiger partial charge in [-0.15, -0.1) is 0 Å². The normalized spacial score (nSPS) is 21.3. The Morgan fingerprint density at radius 1 is 1.38 bits per heavy atom. The van der Waals surface area contributed by atoms with Crippen molar-refractivity contribution in [3.8, 4) is 0 Å². The van der Waals surface area contributed by atoms with Gasteiger partial charge in [0.1, 0.15) is 11.5 Å². The van der Waals surface area contributed by atoms with Crippen molar-refractivity contribution in [2.45, 2.75) is 31.7 Å². The Bertz CT molecular complexity index is 757. The molecule has 0 bridgehead atoms. The summed E-state index contributed by atoms with van der Waals surface area (Å²) in [4.78, 5) is 20.6. The second kappa shape index (κ2) is 5.94. The Labute approximate surface area is 136 Å². The number of hydrogen-bond acceptors (Lipinski definition) is 3. The number of rotatable bonds is 2. The number of amides is 1. The average Bonchev–Trinajstić information content (AvgIpc) is 3.12. The van der Waals surface area contributed by atoms with E-state index in [-0.39, 0.29) is 24.2 Å². The fraction of sp³-hybridized carbons (Fsp3) is 0.375. The first-order valence-corrected chi connectivity index (χ1v) is 7.44. The van der Waals surface area contributed by atoms with E-state index < -0.39 is 29.8 Å². The predicted octanol–water partition coefficient (Wildman–Crippen LogP) is 2.69. The van der Waals surface area contributed by atoms with Crippen LogP contribution in [0.1, 0.15) is 39.9 Å². The number of aliphatic hydroxyl groups is 1. The largest absolute Gasteiger partial charge is 0.416 e. The number of carbonyl (C=O) groups is 1. The van der Waals surface area contributed by atoms with E-state index >= 15 is 0 Å². The lowest BCUT2D eigenvalue weighted by Gasteiger charge is -2.26. The molecular weight excluding hydrogens is 323 g/mol. The van der Waals surface area contributed by atoms with Crippen LogP contribution >= 0.6 is 0 Å². The number of likely N-dealkylation sites (tertiary alicyclic amines) is 1. The molecule has 0 spiro atoms. The number of benzene rings is 1. The van der Waals surface area contributed by atoms with E-state index in [1.807, 2.05) is 0 Å². The zero-order chi connectivity index (χ0) is 17.5. The van der Waals surface area contributed by atoms with Crippen LogP contribution in [0.2, 0.25) is 0 Å². The van der Waals surface area contributed by atoms with Gasteiger partial charge in [0, 0.05) is 6.54 Å². The number of aromatic amines is 1. The minimum Gasteiger partial charge on any atom is -0.391 e. The van der Waals surface area contributed by atoms with Crippen LogP contribution in [-0.2, 0) is 6.18 Å². The number of imidazole rings is 1. The summed E-state index contributed by atoms with van der Waals surface area (Å²) in [5.41, 5.74) is -0.607. The molecule has 1 aromatic carbocycles. The number of carbonyl (C=O) groups excluding carboxylic acids is 1. The lowest BCUT2D eigenvalue weighted by atomic mass is 9.97. The van der Waals surface area contributed by atoms with Crippen molar-refractivity contribution in [1.29, 1.82) is 0 Å². The van der Waals surface area contributed by atoms with E-state index in [0.29, 0.717) is 5.82 Å². The first-order valence-electron chi connectivity index (χ1n) is 7.44. The molecule has 2 heterocycles. The number of β-amino-alcohol motifs (C(OH)–C–C–N with tert-alkyl or cyclic N) is 1. The van der Waals surface area contributed by atoms with Crippen LogP contribution in [0.5, 0.6) is 0 Å². The molecule has 0 unspecified atom stereocenters. The van der Waals surface area contributed by atoms with Crippen LogP contribution in [0.15, 0.2) is 30.5 Å². The molecule has 1 fully saturated rings. The summed E-state index contributed by atoms with van der Waals surface area (Å²) in [5.74, 6) is 0.0551. The summed E-state index contributed by atoms with van der Waals surface area (Å²) in [6.07, 6.45) is -3.99. The van der Waals surface area contributed by atoms with Crippen molar-refractivity contribution >= 4 is 5.91 Å². The Kier molecular flexibility index (Phi) is 4.08. The molecule has 0 saturated carbocycles. The maximum Gasteiger partial charge on any atom is 0.416 e. The van der Waals surface area contributed by atoms with E-state index in [4.69, 9.17) is 0 Å². The van der Waals surface area contributed by atoms with E-state index in [0.717, 1.165) is 6.07 Å². The van der Waals surface area contributed by atoms with Gasteiger partial charge in [-0.05, 0) is 25.0 Å². The van der Waals surface area contributed by atoms with E-state index in [2.05, 4.69) is 9.97 Å². The van der Waals surface area contributed by atoms with E-state index in [1.54, 1.807) is 6.92 Å². The predicted molar refractivity (Wildman–Crippen MR) is 79.2 cm³/mol. The molecule has 128 valence electrons. The second-order valence-corrected chi connectivity index (χ2v) is 5.83. The topological polar surface area (TPSA) is 69.2 Å². The van der Waals surface area contributed by atoms with Gasteiger partial charge in [0.15, 0.2) is 0 Å². The smallest absolute Gasteiger partial charge is 0.391 e. The Morgan fingerprint density at radius 3 is 2.71 bits per heavy atom. The third-order valence-electron chi connectivity index (χ3n) is 4.10. The third-order valence-corrected chi connectivity index (χ3v) is 4.10. The van der Waals surface area contributed by atoms with Crippen molar-refractivity contribution in [3.63, 3.8) is 0 Å². The zero-order valence-corrected chi connectivity index (χ0v) is 12.8. The number of halogens is 3. The minimum atomic E-state index is -4.52. The number of hydrogen-bond donors (Lipinski definition) is 2. The van der Waals surface area contributed by atoms with Gasteiger partial charge < -0.3 is 15.0 Å². The number of aromatic nitrogens is 2. The molecule has 2 atom stereocenters. The quantitative estimate of drug-likeness (QED) is 0.884. The second-order valence-electron chi connectivity index (χ2n) is 5.83. The van der Waals surface area contributed by atoms with Crippen molar-refractivity contribution in [2.75, 3.05) is 6.54 Å². The van der Waals surface area contributed by atoms with Gasteiger partial charge in [-0.25, -0.2) is 4.98 Å². The lowest BCUT2D eigenvalue weighted by molar-refractivity contribution is -0.138. The van der Waals surface area contributed by atoms with Crippen molar-refractivity contribution < 1.29 is 23.1 Å². The summed E-state index contributed by atoms with van der Waals surface area (Å²) in [5, 5.41) is 9.93. The molecule has 3 rings (SSSR count). The number of nitrogens with one attached hydrogen (secondary N) is 1. The summed E-state index contributed by atoms with van der Waals surface area (Å²) in [7, 11) is 0.